The third-order valence-electron chi connectivity index (χ3n) is 3.36. The van der Waals surface area contributed by atoms with Crippen LogP contribution in [0.1, 0.15) is 11.1 Å². The second-order valence-corrected chi connectivity index (χ2v) is 4.87. The van der Waals surface area contributed by atoms with Crippen LogP contribution in [-0.4, -0.2) is 15.7 Å². The van der Waals surface area contributed by atoms with Gasteiger partial charge in [-0.2, -0.15) is 0 Å². The summed E-state index contributed by atoms with van der Waals surface area (Å²) in [4.78, 5) is 11.8. The smallest absolute Gasteiger partial charge is 0.188 e. The molecule has 0 aromatic heterocycles. The molecule has 2 atom stereocenters. The number of aliphatic hydroxyl groups is 1. The minimum Gasteiger partial charge on any atom is -0.508 e. The number of fused-ring (bicyclic) bond motifs is 3. The molecule has 2 N–H and O–H groups in total. The lowest BCUT2D eigenvalue weighted by atomic mass is 9.93. The standard InChI is InChI=1S/C14H11O3P/c15-8-5-6-10-9-3-1-2-4-11(9)14(17,13(16)18)12(10)7-8/h1-7,15,17H,18H2. The maximum Gasteiger partial charge on any atom is 0.188 e. The summed E-state index contributed by atoms with van der Waals surface area (Å²) in [6.45, 7) is 0. The van der Waals surface area contributed by atoms with Gasteiger partial charge in [0.2, 0.25) is 0 Å². The molecule has 3 nitrogen and oxygen atoms in total. The molecule has 0 aliphatic heterocycles. The Morgan fingerprint density at radius 3 is 2.44 bits per heavy atom. The Kier molecular flexibility index (Phi) is 2.31. The first-order valence-electron chi connectivity index (χ1n) is 5.51. The average molecular weight is 258 g/mol. The summed E-state index contributed by atoms with van der Waals surface area (Å²) in [5.74, 6) is 0.0335. The summed E-state index contributed by atoms with van der Waals surface area (Å²) in [6.07, 6.45) is 0. The van der Waals surface area contributed by atoms with E-state index in [-0.39, 0.29) is 5.75 Å². The lowest BCUT2D eigenvalue weighted by Crippen LogP contribution is -2.31. The highest BCUT2D eigenvalue weighted by molar-refractivity contribution is 7.40. The van der Waals surface area contributed by atoms with Crippen molar-refractivity contribution in [3.05, 3.63) is 53.6 Å². The zero-order valence-electron chi connectivity index (χ0n) is 9.42. The number of aromatic hydroxyl groups is 1. The second kappa shape index (κ2) is 3.64. The van der Waals surface area contributed by atoms with Gasteiger partial charge in [-0.05, 0) is 23.3 Å². The first-order chi connectivity index (χ1) is 8.55. The SMILES string of the molecule is O=C(P)C1(O)c2ccccc2-c2ccc(O)cc21. The zero-order valence-corrected chi connectivity index (χ0v) is 10.6. The maximum atomic E-state index is 11.8. The van der Waals surface area contributed by atoms with Crippen LogP contribution in [0.25, 0.3) is 11.1 Å². The van der Waals surface area contributed by atoms with E-state index >= 15 is 0 Å². The van der Waals surface area contributed by atoms with E-state index in [4.69, 9.17) is 0 Å². The van der Waals surface area contributed by atoms with E-state index in [2.05, 4.69) is 0 Å². The molecule has 4 heteroatoms. The van der Waals surface area contributed by atoms with Gasteiger partial charge in [-0.3, -0.25) is 4.79 Å². The van der Waals surface area contributed by atoms with E-state index in [1.165, 1.54) is 6.07 Å². The minimum atomic E-state index is -1.69. The maximum absolute atomic E-state index is 11.8. The molecule has 0 fully saturated rings. The minimum absolute atomic E-state index is 0.0335. The van der Waals surface area contributed by atoms with Gasteiger partial charge in [-0.15, -0.1) is 0 Å². The summed E-state index contributed by atoms with van der Waals surface area (Å²) in [5.41, 5.74) is 0.483. The molecule has 0 saturated carbocycles. The van der Waals surface area contributed by atoms with Crippen LogP contribution in [0.4, 0.5) is 0 Å². The fraction of sp³-hybridized carbons (Fsp3) is 0.0714. The van der Waals surface area contributed by atoms with Crippen LogP contribution in [0.3, 0.4) is 0 Å². The molecule has 0 amide bonds. The van der Waals surface area contributed by atoms with Crippen LogP contribution >= 0.6 is 9.24 Å². The van der Waals surface area contributed by atoms with Gasteiger partial charge < -0.3 is 10.2 Å². The molecule has 2 aromatic rings. The summed E-state index contributed by atoms with van der Waals surface area (Å²) in [6, 6.07) is 11.9. The predicted octanol–water partition coefficient (Wildman–Crippen LogP) is 2.01. The Morgan fingerprint density at radius 1 is 1.06 bits per heavy atom. The van der Waals surface area contributed by atoms with Gasteiger partial charge in [0.1, 0.15) is 5.75 Å². The molecule has 2 unspecified atom stereocenters. The molecule has 0 spiro atoms. The van der Waals surface area contributed by atoms with E-state index in [9.17, 15) is 15.0 Å². The van der Waals surface area contributed by atoms with E-state index in [1.54, 1.807) is 24.3 Å². The number of rotatable bonds is 1. The first-order valence-corrected chi connectivity index (χ1v) is 6.08. The summed E-state index contributed by atoms with van der Waals surface area (Å²) in [7, 11) is 2.02. The van der Waals surface area contributed by atoms with Gasteiger partial charge in [0, 0.05) is 11.1 Å². The van der Waals surface area contributed by atoms with Gasteiger partial charge in [-0.25, -0.2) is 0 Å². The zero-order chi connectivity index (χ0) is 12.9. The monoisotopic (exact) mass is 258 g/mol. The molecule has 0 bridgehead atoms. The quantitative estimate of drug-likeness (QED) is 0.769. The largest absolute Gasteiger partial charge is 0.508 e. The highest BCUT2D eigenvalue weighted by Gasteiger charge is 2.45. The summed E-state index contributed by atoms with van der Waals surface area (Å²) < 4.78 is 0. The number of hydrogen-bond donors (Lipinski definition) is 2. The van der Waals surface area contributed by atoms with Crippen LogP contribution in [0.5, 0.6) is 5.75 Å². The molecule has 0 saturated heterocycles. The van der Waals surface area contributed by atoms with Crippen molar-refractivity contribution >= 4 is 14.8 Å². The highest BCUT2D eigenvalue weighted by Crippen LogP contribution is 2.49. The van der Waals surface area contributed by atoms with E-state index in [0.29, 0.717) is 11.1 Å². The third kappa shape index (κ3) is 1.29. The first kappa shape index (κ1) is 11.4. The highest BCUT2D eigenvalue weighted by atomic mass is 31.0. The van der Waals surface area contributed by atoms with Crippen LogP contribution < -0.4 is 0 Å². The molecule has 3 rings (SSSR count). The molecular weight excluding hydrogens is 247 g/mol. The van der Waals surface area contributed by atoms with Gasteiger partial charge in [-0.1, -0.05) is 39.6 Å². The van der Waals surface area contributed by atoms with Crippen molar-refractivity contribution in [2.75, 3.05) is 0 Å². The van der Waals surface area contributed by atoms with Crippen molar-refractivity contribution in [1.82, 2.24) is 0 Å². The average Bonchev–Trinajstić information content (AvgIpc) is 2.61. The number of phenolic OH excluding ortho intramolecular Hbond substituents is 1. The number of carbonyl (C=O) groups excluding carboxylic acids is 1. The molecule has 18 heavy (non-hydrogen) atoms. The summed E-state index contributed by atoms with van der Waals surface area (Å²) >= 11 is 0. The molecule has 1 aliphatic carbocycles. The van der Waals surface area contributed by atoms with Crippen LogP contribution in [-0.2, 0) is 10.4 Å². The van der Waals surface area contributed by atoms with Gasteiger partial charge in [0.25, 0.3) is 0 Å². The van der Waals surface area contributed by atoms with Crippen molar-refractivity contribution in [1.29, 1.82) is 0 Å². The lowest BCUT2D eigenvalue weighted by Gasteiger charge is -2.22. The van der Waals surface area contributed by atoms with Crippen molar-refractivity contribution in [3.8, 4) is 16.9 Å². The Bertz CT molecular complexity index is 666. The lowest BCUT2D eigenvalue weighted by molar-refractivity contribution is -0.124. The van der Waals surface area contributed by atoms with Gasteiger partial charge in [0.05, 0.1) is 0 Å². The Labute approximate surface area is 106 Å². The molecule has 2 aromatic carbocycles. The summed E-state index contributed by atoms with van der Waals surface area (Å²) in [5, 5.41) is 20.3. The Morgan fingerprint density at radius 2 is 1.72 bits per heavy atom. The van der Waals surface area contributed by atoms with Crippen molar-refractivity contribution in [2.45, 2.75) is 5.60 Å². The van der Waals surface area contributed by atoms with Crippen molar-refractivity contribution < 1.29 is 15.0 Å². The van der Waals surface area contributed by atoms with Gasteiger partial charge in [0.15, 0.2) is 11.1 Å². The third-order valence-corrected chi connectivity index (χ3v) is 3.77. The fourth-order valence-electron chi connectivity index (χ4n) is 2.51. The number of carbonyl (C=O) groups is 1. The van der Waals surface area contributed by atoms with E-state index in [0.717, 1.165) is 11.1 Å². The molecule has 0 heterocycles. The number of phenols is 1. The molecule has 0 radical (unpaired) electrons. The molecule has 1 aliphatic rings. The topological polar surface area (TPSA) is 57.5 Å². The van der Waals surface area contributed by atoms with Crippen LogP contribution in [0.2, 0.25) is 0 Å². The molecular formula is C14H11O3P. The number of benzene rings is 2. The van der Waals surface area contributed by atoms with Crippen molar-refractivity contribution in [2.24, 2.45) is 0 Å². The van der Waals surface area contributed by atoms with Crippen LogP contribution in [0, 0.1) is 0 Å². The Hall–Kier alpha value is -1.70. The van der Waals surface area contributed by atoms with E-state index in [1.807, 2.05) is 21.4 Å². The number of hydrogen-bond acceptors (Lipinski definition) is 3. The van der Waals surface area contributed by atoms with E-state index < -0.39 is 11.1 Å². The molecule has 90 valence electrons. The van der Waals surface area contributed by atoms with Crippen molar-refractivity contribution in [3.63, 3.8) is 0 Å². The Balaban J connectivity index is 2.42. The van der Waals surface area contributed by atoms with Crippen LogP contribution in [0.15, 0.2) is 42.5 Å². The normalized spacial score (nSPS) is 20.3. The predicted molar refractivity (Wildman–Crippen MR) is 71.3 cm³/mol. The fourth-order valence-corrected chi connectivity index (χ4v) is 2.82. The van der Waals surface area contributed by atoms with Gasteiger partial charge >= 0.3 is 0 Å². The second-order valence-electron chi connectivity index (χ2n) is 4.35.